The molecule has 5 heteroatoms. The van der Waals surface area contributed by atoms with Crippen molar-refractivity contribution in [1.29, 1.82) is 0 Å². The highest BCUT2D eigenvalue weighted by molar-refractivity contribution is 9.10. The third-order valence-electron chi connectivity index (χ3n) is 2.03. The zero-order chi connectivity index (χ0) is 12.1. The van der Waals surface area contributed by atoms with Gasteiger partial charge in [-0.2, -0.15) is 0 Å². The van der Waals surface area contributed by atoms with Crippen LogP contribution in [0.3, 0.4) is 0 Å². The highest BCUT2D eigenvalue weighted by Crippen LogP contribution is 2.23. The highest BCUT2D eigenvalue weighted by Gasteiger charge is 2.10. The van der Waals surface area contributed by atoms with Gasteiger partial charge < -0.3 is 4.74 Å². The predicted octanol–water partition coefficient (Wildman–Crippen LogP) is 3.24. The van der Waals surface area contributed by atoms with Crippen molar-refractivity contribution >= 4 is 39.3 Å². The molecule has 0 saturated heterocycles. The Morgan fingerprint density at radius 3 is 2.62 bits per heavy atom. The van der Waals surface area contributed by atoms with Crippen LogP contribution in [0.4, 0.5) is 0 Å². The van der Waals surface area contributed by atoms with E-state index >= 15 is 0 Å². The molecule has 1 aromatic rings. The molecule has 0 amide bonds. The number of esters is 1. The minimum Gasteiger partial charge on any atom is -0.469 e. The number of carbonyl (C=O) groups excluding carboxylic acids is 2. The summed E-state index contributed by atoms with van der Waals surface area (Å²) in [4.78, 5) is 22.5. The number of hydrogen-bond acceptors (Lipinski definition) is 3. The summed E-state index contributed by atoms with van der Waals surface area (Å²) in [5, 5.41) is 0.476. The van der Waals surface area contributed by atoms with E-state index in [0.29, 0.717) is 10.6 Å². The van der Waals surface area contributed by atoms with Crippen LogP contribution in [0.25, 0.3) is 0 Å². The maximum Gasteiger partial charge on any atom is 0.305 e. The fourth-order valence-corrected chi connectivity index (χ4v) is 1.56. The van der Waals surface area contributed by atoms with Crippen LogP contribution >= 0.6 is 27.5 Å². The minimum atomic E-state index is -0.392. The third kappa shape index (κ3) is 3.61. The molecule has 0 saturated carbocycles. The lowest BCUT2D eigenvalue weighted by Gasteiger charge is -2.02. The second-order valence-corrected chi connectivity index (χ2v) is 4.39. The molecule has 86 valence electrons. The zero-order valence-electron chi connectivity index (χ0n) is 8.63. The number of benzene rings is 1. The van der Waals surface area contributed by atoms with Crippen LogP contribution in [0.2, 0.25) is 5.02 Å². The van der Waals surface area contributed by atoms with Gasteiger partial charge in [0.15, 0.2) is 5.78 Å². The van der Waals surface area contributed by atoms with Crippen LogP contribution in [-0.2, 0) is 9.53 Å². The van der Waals surface area contributed by atoms with Crippen molar-refractivity contribution in [3.05, 3.63) is 33.3 Å². The third-order valence-corrected chi connectivity index (χ3v) is 3.26. The van der Waals surface area contributed by atoms with Gasteiger partial charge >= 0.3 is 5.97 Å². The lowest BCUT2D eigenvalue weighted by molar-refractivity contribution is -0.140. The topological polar surface area (TPSA) is 43.4 Å². The van der Waals surface area contributed by atoms with E-state index in [9.17, 15) is 9.59 Å². The van der Waals surface area contributed by atoms with Gasteiger partial charge in [0, 0.05) is 16.5 Å². The molecule has 3 nitrogen and oxygen atoms in total. The van der Waals surface area contributed by atoms with E-state index in [1.807, 2.05) is 0 Å². The van der Waals surface area contributed by atoms with Crippen molar-refractivity contribution in [3.8, 4) is 0 Å². The van der Waals surface area contributed by atoms with Crippen molar-refractivity contribution in [2.75, 3.05) is 7.11 Å². The first-order chi connectivity index (χ1) is 7.54. The predicted molar refractivity (Wildman–Crippen MR) is 64.7 cm³/mol. The average Bonchev–Trinajstić information content (AvgIpc) is 2.29. The molecule has 0 bridgehead atoms. The number of halogens is 2. The molecule has 1 aromatic carbocycles. The van der Waals surface area contributed by atoms with E-state index in [4.69, 9.17) is 11.6 Å². The monoisotopic (exact) mass is 304 g/mol. The molecule has 0 aliphatic carbocycles. The first-order valence-electron chi connectivity index (χ1n) is 4.59. The van der Waals surface area contributed by atoms with Crippen molar-refractivity contribution in [3.63, 3.8) is 0 Å². The lowest BCUT2D eigenvalue weighted by atomic mass is 10.1. The van der Waals surface area contributed by atoms with Crippen molar-refractivity contribution in [2.24, 2.45) is 0 Å². The summed E-state index contributed by atoms with van der Waals surface area (Å²) < 4.78 is 5.19. The molecule has 0 spiro atoms. The van der Waals surface area contributed by atoms with E-state index in [2.05, 4.69) is 20.7 Å². The Hall–Kier alpha value is -0.870. The largest absolute Gasteiger partial charge is 0.469 e. The summed E-state index contributed by atoms with van der Waals surface area (Å²) in [6.45, 7) is 0. The van der Waals surface area contributed by atoms with Crippen LogP contribution in [0.15, 0.2) is 22.7 Å². The summed E-state index contributed by atoms with van der Waals surface area (Å²) >= 11 is 9.09. The smallest absolute Gasteiger partial charge is 0.305 e. The zero-order valence-corrected chi connectivity index (χ0v) is 11.0. The standard InChI is InChI=1S/C11H10BrClO3/c1-16-11(15)5-4-10(14)7-2-3-8(12)9(13)6-7/h2-3,6H,4-5H2,1H3. The van der Waals surface area contributed by atoms with Crippen molar-refractivity contribution < 1.29 is 14.3 Å². The highest BCUT2D eigenvalue weighted by atomic mass is 79.9. The Morgan fingerprint density at radius 2 is 2.06 bits per heavy atom. The molecule has 1 rings (SSSR count). The van der Waals surface area contributed by atoms with E-state index in [0.717, 1.165) is 4.47 Å². The summed E-state index contributed by atoms with van der Waals surface area (Å²) in [5.41, 5.74) is 0.497. The fourth-order valence-electron chi connectivity index (χ4n) is 1.13. The van der Waals surface area contributed by atoms with Gasteiger partial charge in [0.2, 0.25) is 0 Å². The first-order valence-corrected chi connectivity index (χ1v) is 5.76. The number of methoxy groups -OCH3 is 1. The van der Waals surface area contributed by atoms with Gasteiger partial charge in [-0.05, 0) is 28.1 Å². The molecule has 0 fully saturated rings. The van der Waals surface area contributed by atoms with Gasteiger partial charge in [-0.1, -0.05) is 17.7 Å². The molecule has 0 unspecified atom stereocenters. The lowest BCUT2D eigenvalue weighted by Crippen LogP contribution is -2.05. The molecule has 0 aromatic heterocycles. The van der Waals surface area contributed by atoms with Gasteiger partial charge in [0.05, 0.1) is 18.6 Å². The number of Topliss-reactive ketones (excluding diaryl/α,β-unsaturated/α-hetero) is 1. The molecule has 0 aliphatic rings. The van der Waals surface area contributed by atoms with Gasteiger partial charge in [-0.25, -0.2) is 0 Å². The molecule has 16 heavy (non-hydrogen) atoms. The summed E-state index contributed by atoms with van der Waals surface area (Å²) in [7, 11) is 1.29. The number of ketones is 1. The normalized spacial score (nSPS) is 9.94. The molecule has 0 atom stereocenters. The van der Waals surface area contributed by atoms with Gasteiger partial charge in [0.1, 0.15) is 0 Å². The Morgan fingerprint density at radius 1 is 1.38 bits per heavy atom. The Balaban J connectivity index is 2.66. The molecule has 0 radical (unpaired) electrons. The molecular formula is C11H10BrClO3. The van der Waals surface area contributed by atoms with Gasteiger partial charge in [0.25, 0.3) is 0 Å². The van der Waals surface area contributed by atoms with E-state index in [1.165, 1.54) is 7.11 Å². The van der Waals surface area contributed by atoms with E-state index < -0.39 is 5.97 Å². The molecular weight excluding hydrogens is 295 g/mol. The van der Waals surface area contributed by atoms with Crippen LogP contribution in [0.1, 0.15) is 23.2 Å². The fraction of sp³-hybridized carbons (Fsp3) is 0.273. The second-order valence-electron chi connectivity index (χ2n) is 3.13. The number of carbonyl (C=O) groups is 2. The Labute approximate surface area is 107 Å². The van der Waals surface area contributed by atoms with Crippen LogP contribution < -0.4 is 0 Å². The van der Waals surface area contributed by atoms with Crippen molar-refractivity contribution in [2.45, 2.75) is 12.8 Å². The minimum absolute atomic E-state index is 0.0863. The van der Waals surface area contributed by atoms with Crippen molar-refractivity contribution in [1.82, 2.24) is 0 Å². The summed E-state index contributed by atoms with van der Waals surface area (Å²) in [6.07, 6.45) is 0.216. The molecule has 0 N–H and O–H groups in total. The number of ether oxygens (including phenoxy) is 1. The molecule has 0 heterocycles. The average molecular weight is 306 g/mol. The Bertz CT molecular complexity index is 418. The SMILES string of the molecule is COC(=O)CCC(=O)c1ccc(Br)c(Cl)c1. The maximum atomic E-state index is 11.6. The molecule has 0 aliphatic heterocycles. The second kappa shape index (κ2) is 6.01. The Kier molecular flexibility index (Phi) is 4.96. The van der Waals surface area contributed by atoms with Gasteiger partial charge in [-0.3, -0.25) is 9.59 Å². The quantitative estimate of drug-likeness (QED) is 0.633. The summed E-state index contributed by atoms with van der Waals surface area (Å²) in [5.74, 6) is -0.517. The van der Waals surface area contributed by atoms with E-state index in [-0.39, 0.29) is 18.6 Å². The summed E-state index contributed by atoms with van der Waals surface area (Å²) in [6, 6.07) is 4.94. The maximum absolute atomic E-state index is 11.6. The van der Waals surface area contributed by atoms with E-state index in [1.54, 1.807) is 18.2 Å². The number of rotatable bonds is 4. The number of hydrogen-bond donors (Lipinski definition) is 0. The van der Waals surface area contributed by atoms with Crippen LogP contribution in [0.5, 0.6) is 0 Å². The van der Waals surface area contributed by atoms with Gasteiger partial charge in [-0.15, -0.1) is 0 Å². The van der Waals surface area contributed by atoms with Crippen LogP contribution in [0, 0.1) is 0 Å². The van der Waals surface area contributed by atoms with Crippen LogP contribution in [-0.4, -0.2) is 18.9 Å². The first kappa shape index (κ1) is 13.2.